The second-order valence-corrected chi connectivity index (χ2v) is 5.01. The number of rotatable bonds is 9. The first-order valence-electron chi connectivity index (χ1n) is 7.41. The third-order valence-corrected chi connectivity index (χ3v) is 3.32. The van der Waals surface area contributed by atoms with E-state index >= 15 is 0 Å². The highest BCUT2D eigenvalue weighted by atomic mass is 16.5. The Bertz CT molecular complexity index is 216. The lowest BCUT2D eigenvalue weighted by Gasteiger charge is -2.25. The van der Waals surface area contributed by atoms with Crippen molar-refractivity contribution >= 4 is 5.97 Å². The van der Waals surface area contributed by atoms with Crippen molar-refractivity contribution in [1.82, 2.24) is 10.2 Å². The molecule has 1 N–H and O–H groups in total. The number of nitrogens with zero attached hydrogens (tertiary/aromatic N) is 1. The van der Waals surface area contributed by atoms with Crippen LogP contribution in [0, 0.1) is 0 Å². The first-order chi connectivity index (χ1) is 8.83. The number of carbonyl (C=O) groups is 1. The number of unbranched alkanes of at least 4 members (excludes halogenated alkanes) is 5. The van der Waals surface area contributed by atoms with Gasteiger partial charge in [0.2, 0.25) is 0 Å². The maximum absolute atomic E-state index is 11.6. The van der Waals surface area contributed by atoms with Crippen LogP contribution < -0.4 is 5.32 Å². The number of carbonyl (C=O) groups excluding carboxylic acids is 1. The molecule has 0 spiro atoms. The van der Waals surface area contributed by atoms with E-state index in [4.69, 9.17) is 4.74 Å². The van der Waals surface area contributed by atoms with Crippen molar-refractivity contribution in [3.63, 3.8) is 0 Å². The molecule has 0 bridgehead atoms. The fourth-order valence-corrected chi connectivity index (χ4v) is 2.17. The van der Waals surface area contributed by atoms with Crippen LogP contribution in [0.1, 0.15) is 45.4 Å². The number of esters is 1. The highest BCUT2D eigenvalue weighted by Crippen LogP contribution is 2.05. The van der Waals surface area contributed by atoms with E-state index in [2.05, 4.69) is 17.1 Å². The minimum atomic E-state index is -0.0644. The molecule has 0 aliphatic carbocycles. The van der Waals surface area contributed by atoms with E-state index in [1.807, 2.05) is 0 Å². The molecule has 1 rings (SSSR count). The van der Waals surface area contributed by atoms with Gasteiger partial charge in [-0.25, -0.2) is 0 Å². The molecule has 18 heavy (non-hydrogen) atoms. The zero-order valence-electron chi connectivity index (χ0n) is 11.7. The average molecular weight is 256 g/mol. The lowest BCUT2D eigenvalue weighted by molar-refractivity contribution is -0.145. The van der Waals surface area contributed by atoms with Gasteiger partial charge in [-0.2, -0.15) is 0 Å². The SMILES string of the molecule is CCCCCCCCOC(=O)CN1CCNCC1. The fourth-order valence-electron chi connectivity index (χ4n) is 2.17. The predicted molar refractivity (Wildman–Crippen MR) is 73.6 cm³/mol. The summed E-state index contributed by atoms with van der Waals surface area (Å²) in [6.45, 7) is 7.13. The molecular formula is C14H28N2O2. The predicted octanol–water partition coefficient (Wildman–Crippen LogP) is 1.80. The van der Waals surface area contributed by atoms with Crippen molar-refractivity contribution in [2.24, 2.45) is 0 Å². The molecule has 1 aliphatic rings. The number of piperazine rings is 1. The van der Waals surface area contributed by atoms with Gasteiger partial charge in [0, 0.05) is 26.2 Å². The molecule has 1 fully saturated rings. The molecule has 4 nitrogen and oxygen atoms in total. The third kappa shape index (κ3) is 7.67. The lowest BCUT2D eigenvalue weighted by Crippen LogP contribution is -2.45. The van der Waals surface area contributed by atoms with E-state index in [9.17, 15) is 4.79 Å². The molecule has 0 aromatic heterocycles. The van der Waals surface area contributed by atoms with E-state index in [-0.39, 0.29) is 5.97 Å². The summed E-state index contributed by atoms with van der Waals surface area (Å²) in [4.78, 5) is 13.7. The Morgan fingerprint density at radius 2 is 1.78 bits per heavy atom. The summed E-state index contributed by atoms with van der Waals surface area (Å²) in [7, 11) is 0. The van der Waals surface area contributed by atoms with Crippen LogP contribution in [0.2, 0.25) is 0 Å². The first kappa shape index (κ1) is 15.4. The Labute approximate surface area is 111 Å². The number of nitrogens with one attached hydrogen (secondary N) is 1. The second kappa shape index (κ2) is 10.3. The Kier molecular flexibility index (Phi) is 8.86. The van der Waals surface area contributed by atoms with E-state index in [0.717, 1.165) is 32.6 Å². The van der Waals surface area contributed by atoms with Gasteiger partial charge in [0.25, 0.3) is 0 Å². The Hall–Kier alpha value is -0.610. The number of hydrogen-bond acceptors (Lipinski definition) is 4. The monoisotopic (exact) mass is 256 g/mol. The van der Waals surface area contributed by atoms with Crippen LogP contribution in [0.4, 0.5) is 0 Å². The number of ether oxygens (including phenoxy) is 1. The quantitative estimate of drug-likeness (QED) is 0.504. The zero-order valence-corrected chi connectivity index (χ0v) is 11.7. The molecule has 0 saturated carbocycles. The van der Waals surface area contributed by atoms with E-state index < -0.39 is 0 Å². The van der Waals surface area contributed by atoms with Gasteiger partial charge in [-0.15, -0.1) is 0 Å². The highest BCUT2D eigenvalue weighted by molar-refractivity contribution is 5.71. The van der Waals surface area contributed by atoms with Gasteiger partial charge in [0.15, 0.2) is 0 Å². The van der Waals surface area contributed by atoms with Crippen molar-refractivity contribution in [2.75, 3.05) is 39.3 Å². The third-order valence-electron chi connectivity index (χ3n) is 3.32. The standard InChI is InChI=1S/C14H28N2O2/c1-2-3-4-5-6-7-12-18-14(17)13-16-10-8-15-9-11-16/h15H,2-13H2,1H3. The Balaban J connectivity index is 1.90. The largest absolute Gasteiger partial charge is 0.465 e. The molecule has 0 aromatic rings. The van der Waals surface area contributed by atoms with Gasteiger partial charge in [-0.05, 0) is 6.42 Å². The minimum absolute atomic E-state index is 0.0644. The van der Waals surface area contributed by atoms with Crippen molar-refractivity contribution in [3.8, 4) is 0 Å². The Morgan fingerprint density at radius 3 is 2.50 bits per heavy atom. The van der Waals surface area contributed by atoms with E-state index in [0.29, 0.717) is 13.2 Å². The molecule has 0 radical (unpaired) electrons. The van der Waals surface area contributed by atoms with Gasteiger partial charge in [-0.1, -0.05) is 39.0 Å². The number of hydrogen-bond donors (Lipinski definition) is 1. The summed E-state index contributed by atoms with van der Waals surface area (Å²) < 4.78 is 5.25. The van der Waals surface area contributed by atoms with Crippen molar-refractivity contribution in [1.29, 1.82) is 0 Å². The molecule has 0 aromatic carbocycles. The summed E-state index contributed by atoms with van der Waals surface area (Å²) in [6.07, 6.45) is 7.37. The molecule has 1 saturated heterocycles. The van der Waals surface area contributed by atoms with Crippen molar-refractivity contribution < 1.29 is 9.53 Å². The van der Waals surface area contributed by atoms with Crippen LogP contribution in [0.15, 0.2) is 0 Å². The average Bonchev–Trinajstić information content (AvgIpc) is 2.39. The maximum atomic E-state index is 11.6. The minimum Gasteiger partial charge on any atom is -0.465 e. The van der Waals surface area contributed by atoms with Crippen LogP contribution in [0.3, 0.4) is 0 Å². The molecular weight excluding hydrogens is 228 g/mol. The molecule has 0 amide bonds. The van der Waals surface area contributed by atoms with E-state index in [1.54, 1.807) is 0 Å². The van der Waals surface area contributed by atoms with Gasteiger partial charge < -0.3 is 10.1 Å². The summed E-state index contributed by atoms with van der Waals surface area (Å²) in [5.74, 6) is -0.0644. The van der Waals surface area contributed by atoms with Crippen LogP contribution in [0.25, 0.3) is 0 Å². The summed E-state index contributed by atoms with van der Waals surface area (Å²) in [5.41, 5.74) is 0. The highest BCUT2D eigenvalue weighted by Gasteiger charge is 2.13. The first-order valence-corrected chi connectivity index (χ1v) is 7.41. The van der Waals surface area contributed by atoms with Crippen LogP contribution in [-0.4, -0.2) is 50.2 Å². The fraction of sp³-hybridized carbons (Fsp3) is 0.929. The summed E-state index contributed by atoms with van der Waals surface area (Å²) in [5, 5.41) is 3.27. The molecule has 106 valence electrons. The Morgan fingerprint density at radius 1 is 1.11 bits per heavy atom. The molecule has 0 atom stereocenters. The summed E-state index contributed by atoms with van der Waals surface area (Å²) in [6, 6.07) is 0. The van der Waals surface area contributed by atoms with Crippen LogP contribution in [0.5, 0.6) is 0 Å². The van der Waals surface area contributed by atoms with Gasteiger partial charge in [-0.3, -0.25) is 9.69 Å². The van der Waals surface area contributed by atoms with Crippen molar-refractivity contribution in [2.45, 2.75) is 45.4 Å². The van der Waals surface area contributed by atoms with Crippen LogP contribution >= 0.6 is 0 Å². The normalized spacial score (nSPS) is 16.7. The molecule has 0 unspecified atom stereocenters. The van der Waals surface area contributed by atoms with Crippen LogP contribution in [-0.2, 0) is 9.53 Å². The topological polar surface area (TPSA) is 41.6 Å². The zero-order chi connectivity index (χ0) is 13.1. The van der Waals surface area contributed by atoms with E-state index in [1.165, 1.54) is 32.1 Å². The molecule has 1 aliphatic heterocycles. The van der Waals surface area contributed by atoms with Gasteiger partial charge >= 0.3 is 5.97 Å². The molecule has 1 heterocycles. The maximum Gasteiger partial charge on any atom is 0.320 e. The second-order valence-electron chi connectivity index (χ2n) is 5.01. The van der Waals surface area contributed by atoms with Gasteiger partial charge in [0.05, 0.1) is 13.2 Å². The lowest BCUT2D eigenvalue weighted by atomic mass is 10.1. The van der Waals surface area contributed by atoms with Crippen molar-refractivity contribution in [3.05, 3.63) is 0 Å². The smallest absolute Gasteiger partial charge is 0.320 e. The van der Waals surface area contributed by atoms with Gasteiger partial charge in [0.1, 0.15) is 0 Å². The summed E-state index contributed by atoms with van der Waals surface area (Å²) >= 11 is 0. The molecule has 4 heteroatoms.